The number of fused-ring (bicyclic) bond motifs is 1. The first-order valence-corrected chi connectivity index (χ1v) is 7.95. The third-order valence-corrected chi connectivity index (χ3v) is 4.46. The lowest BCUT2D eigenvalue weighted by molar-refractivity contribution is 0.143. The van der Waals surface area contributed by atoms with Crippen molar-refractivity contribution in [1.29, 1.82) is 0 Å². The third kappa shape index (κ3) is 3.42. The van der Waals surface area contributed by atoms with Crippen molar-refractivity contribution in [1.82, 2.24) is 9.88 Å². The summed E-state index contributed by atoms with van der Waals surface area (Å²) < 4.78 is 0. The van der Waals surface area contributed by atoms with Gasteiger partial charge >= 0.3 is 0 Å². The monoisotopic (exact) mass is 284 g/mol. The maximum absolute atomic E-state index is 9.15. The molecule has 3 rings (SSSR count). The minimum atomic E-state index is 0.315. The van der Waals surface area contributed by atoms with Crippen molar-refractivity contribution in [3.05, 3.63) is 41.6 Å². The highest BCUT2D eigenvalue weighted by Gasteiger charge is 2.20. The maximum Gasteiger partial charge on any atom is 0.0708 e. The van der Waals surface area contributed by atoms with E-state index in [4.69, 9.17) is 5.11 Å². The van der Waals surface area contributed by atoms with Crippen molar-refractivity contribution >= 4 is 10.9 Å². The fraction of sp³-hybridized carbons (Fsp3) is 0.500. The fourth-order valence-corrected chi connectivity index (χ4v) is 3.48. The first-order chi connectivity index (χ1) is 10.3. The SMILES string of the molecule is Cc1cc(CN2CCCC(CCO)C2)c2ccccc2n1. The zero-order valence-electron chi connectivity index (χ0n) is 12.8. The summed E-state index contributed by atoms with van der Waals surface area (Å²) in [6, 6.07) is 10.6. The zero-order chi connectivity index (χ0) is 14.7. The minimum Gasteiger partial charge on any atom is -0.396 e. The summed E-state index contributed by atoms with van der Waals surface area (Å²) in [4.78, 5) is 7.15. The van der Waals surface area contributed by atoms with Crippen molar-refractivity contribution in [2.24, 2.45) is 5.92 Å². The molecule has 21 heavy (non-hydrogen) atoms. The molecule has 1 aromatic heterocycles. The average molecular weight is 284 g/mol. The Bertz CT molecular complexity index is 609. The molecule has 1 N–H and O–H groups in total. The van der Waals surface area contributed by atoms with Crippen LogP contribution in [0, 0.1) is 12.8 Å². The van der Waals surface area contributed by atoms with Gasteiger partial charge in [0.05, 0.1) is 5.52 Å². The molecule has 0 spiro atoms. The molecule has 1 unspecified atom stereocenters. The van der Waals surface area contributed by atoms with Gasteiger partial charge in [-0.25, -0.2) is 0 Å². The molecule has 1 aliphatic heterocycles. The number of aliphatic hydroxyl groups excluding tert-OH is 1. The lowest BCUT2D eigenvalue weighted by atomic mass is 9.94. The number of rotatable bonds is 4. The molecule has 112 valence electrons. The number of piperidine rings is 1. The van der Waals surface area contributed by atoms with Crippen molar-refractivity contribution < 1.29 is 5.11 Å². The second-order valence-electron chi connectivity index (χ2n) is 6.20. The lowest BCUT2D eigenvalue weighted by Gasteiger charge is -2.32. The molecular formula is C18H24N2O. The Hall–Kier alpha value is -1.45. The highest BCUT2D eigenvalue weighted by atomic mass is 16.3. The molecule has 3 nitrogen and oxygen atoms in total. The van der Waals surface area contributed by atoms with E-state index >= 15 is 0 Å². The third-order valence-electron chi connectivity index (χ3n) is 4.46. The van der Waals surface area contributed by atoms with Gasteiger partial charge in [-0.2, -0.15) is 0 Å². The first kappa shape index (κ1) is 14.5. The van der Waals surface area contributed by atoms with Gasteiger partial charge in [0.1, 0.15) is 0 Å². The molecule has 2 aromatic rings. The second kappa shape index (κ2) is 6.54. The molecule has 1 fully saturated rings. The number of aliphatic hydroxyl groups is 1. The van der Waals surface area contributed by atoms with Crippen LogP contribution in [0.4, 0.5) is 0 Å². The molecule has 0 amide bonds. The van der Waals surface area contributed by atoms with Gasteiger partial charge < -0.3 is 5.11 Å². The van der Waals surface area contributed by atoms with Gasteiger partial charge in [-0.3, -0.25) is 9.88 Å². The topological polar surface area (TPSA) is 36.4 Å². The summed E-state index contributed by atoms with van der Waals surface area (Å²) in [6.45, 7) is 5.65. The van der Waals surface area contributed by atoms with Crippen molar-refractivity contribution in [2.75, 3.05) is 19.7 Å². The average Bonchev–Trinajstić information content (AvgIpc) is 2.48. The van der Waals surface area contributed by atoms with E-state index in [-0.39, 0.29) is 0 Å². The molecule has 2 heterocycles. The van der Waals surface area contributed by atoms with Gasteiger partial charge in [0.25, 0.3) is 0 Å². The first-order valence-electron chi connectivity index (χ1n) is 7.95. The molecule has 0 radical (unpaired) electrons. The summed E-state index contributed by atoms with van der Waals surface area (Å²) in [7, 11) is 0. The van der Waals surface area contributed by atoms with Crippen LogP contribution in [-0.2, 0) is 6.54 Å². The van der Waals surface area contributed by atoms with Gasteiger partial charge in [0.2, 0.25) is 0 Å². The Labute approximate surface area is 126 Å². The predicted molar refractivity (Wildman–Crippen MR) is 86.2 cm³/mol. The summed E-state index contributed by atoms with van der Waals surface area (Å²) >= 11 is 0. The van der Waals surface area contributed by atoms with Crippen LogP contribution in [0.3, 0.4) is 0 Å². The van der Waals surface area contributed by atoms with E-state index in [9.17, 15) is 0 Å². The zero-order valence-corrected chi connectivity index (χ0v) is 12.8. The molecular weight excluding hydrogens is 260 g/mol. The van der Waals surface area contributed by atoms with E-state index in [0.717, 1.165) is 37.3 Å². The second-order valence-corrected chi connectivity index (χ2v) is 6.20. The standard InChI is InChI=1S/C18H24N2O/c1-14-11-16(17-6-2-3-7-18(17)19-14)13-20-9-4-5-15(12-20)8-10-21/h2-3,6-7,11,15,21H,4-5,8-10,12-13H2,1H3. The summed E-state index contributed by atoms with van der Waals surface area (Å²) in [6.07, 6.45) is 3.44. The van der Waals surface area contributed by atoms with E-state index < -0.39 is 0 Å². The molecule has 3 heteroatoms. The van der Waals surface area contributed by atoms with Crippen molar-refractivity contribution in [3.63, 3.8) is 0 Å². The van der Waals surface area contributed by atoms with Crippen LogP contribution in [0.15, 0.2) is 30.3 Å². The molecule has 0 saturated carbocycles. The number of likely N-dealkylation sites (tertiary alicyclic amines) is 1. The number of aryl methyl sites for hydroxylation is 1. The number of hydrogen-bond donors (Lipinski definition) is 1. The summed E-state index contributed by atoms with van der Waals surface area (Å²) in [5, 5.41) is 10.4. The molecule has 1 saturated heterocycles. The van der Waals surface area contributed by atoms with Gasteiger partial charge in [-0.05, 0) is 56.3 Å². The van der Waals surface area contributed by atoms with Crippen LogP contribution in [0.2, 0.25) is 0 Å². The Morgan fingerprint density at radius 3 is 3.05 bits per heavy atom. The van der Waals surface area contributed by atoms with E-state index in [2.05, 4.69) is 47.1 Å². The Morgan fingerprint density at radius 2 is 2.19 bits per heavy atom. The van der Waals surface area contributed by atoms with Gasteiger partial charge in [0, 0.05) is 30.8 Å². The van der Waals surface area contributed by atoms with E-state index in [1.807, 2.05) is 0 Å². The number of aromatic nitrogens is 1. The van der Waals surface area contributed by atoms with Crippen LogP contribution >= 0.6 is 0 Å². The molecule has 1 aromatic carbocycles. The molecule has 1 atom stereocenters. The number of hydrogen-bond acceptors (Lipinski definition) is 3. The van der Waals surface area contributed by atoms with Gasteiger partial charge in [0.15, 0.2) is 0 Å². The lowest BCUT2D eigenvalue weighted by Crippen LogP contribution is -2.35. The molecule has 0 aliphatic carbocycles. The number of pyridine rings is 1. The predicted octanol–water partition coefficient (Wildman–Crippen LogP) is 3.14. The van der Waals surface area contributed by atoms with Crippen LogP contribution in [0.5, 0.6) is 0 Å². The summed E-state index contributed by atoms with van der Waals surface area (Å²) in [5.41, 5.74) is 3.56. The van der Waals surface area contributed by atoms with Crippen molar-refractivity contribution in [3.8, 4) is 0 Å². The normalized spacial score (nSPS) is 20.0. The Morgan fingerprint density at radius 1 is 1.33 bits per heavy atom. The summed E-state index contributed by atoms with van der Waals surface area (Å²) in [5.74, 6) is 0.651. The largest absolute Gasteiger partial charge is 0.396 e. The maximum atomic E-state index is 9.15. The number of nitrogens with zero attached hydrogens (tertiary/aromatic N) is 2. The minimum absolute atomic E-state index is 0.315. The van der Waals surface area contributed by atoms with Gasteiger partial charge in [-0.1, -0.05) is 18.2 Å². The van der Waals surface area contributed by atoms with Crippen LogP contribution in [0.25, 0.3) is 10.9 Å². The van der Waals surface area contributed by atoms with E-state index in [0.29, 0.717) is 12.5 Å². The van der Waals surface area contributed by atoms with Crippen LogP contribution in [-0.4, -0.2) is 34.7 Å². The van der Waals surface area contributed by atoms with Crippen molar-refractivity contribution in [2.45, 2.75) is 32.7 Å². The van der Waals surface area contributed by atoms with E-state index in [1.54, 1.807) is 0 Å². The number of benzene rings is 1. The fourth-order valence-electron chi connectivity index (χ4n) is 3.48. The highest BCUT2D eigenvalue weighted by Crippen LogP contribution is 2.24. The smallest absolute Gasteiger partial charge is 0.0708 e. The Kier molecular flexibility index (Phi) is 4.51. The quantitative estimate of drug-likeness (QED) is 0.937. The molecule has 1 aliphatic rings. The Balaban J connectivity index is 1.81. The van der Waals surface area contributed by atoms with Crippen LogP contribution < -0.4 is 0 Å². The molecule has 0 bridgehead atoms. The highest BCUT2D eigenvalue weighted by molar-refractivity contribution is 5.82. The number of para-hydroxylation sites is 1. The van der Waals surface area contributed by atoms with E-state index in [1.165, 1.54) is 23.8 Å². The van der Waals surface area contributed by atoms with Gasteiger partial charge in [-0.15, -0.1) is 0 Å². The van der Waals surface area contributed by atoms with Crippen LogP contribution in [0.1, 0.15) is 30.5 Å².